The summed E-state index contributed by atoms with van der Waals surface area (Å²) in [6, 6.07) is 12.5. The summed E-state index contributed by atoms with van der Waals surface area (Å²) >= 11 is 6.30. The molecule has 0 saturated carbocycles. The maximum atomic E-state index is 14.6. The van der Waals surface area contributed by atoms with Crippen LogP contribution in [0.3, 0.4) is 0 Å². The van der Waals surface area contributed by atoms with Crippen LogP contribution in [0.15, 0.2) is 36.4 Å². The molecule has 2 aromatic rings. The van der Waals surface area contributed by atoms with Gasteiger partial charge in [0.05, 0.1) is 6.42 Å². The Morgan fingerprint density at radius 1 is 0.951 bits per heavy atom. The summed E-state index contributed by atoms with van der Waals surface area (Å²) in [5, 5.41) is 0.331. The molecule has 3 fully saturated rings. The van der Waals surface area contributed by atoms with Gasteiger partial charge >= 0.3 is 0 Å². The van der Waals surface area contributed by atoms with Crippen molar-refractivity contribution in [3.8, 4) is 0 Å². The van der Waals surface area contributed by atoms with E-state index in [2.05, 4.69) is 41.8 Å². The number of rotatable bonds is 9. The third kappa shape index (κ3) is 7.17. The summed E-state index contributed by atoms with van der Waals surface area (Å²) in [6.07, 6.45) is 11.8. The van der Waals surface area contributed by atoms with E-state index in [4.69, 9.17) is 11.6 Å². The van der Waals surface area contributed by atoms with Crippen LogP contribution in [-0.2, 0) is 29.5 Å². The van der Waals surface area contributed by atoms with Crippen molar-refractivity contribution in [3.05, 3.63) is 69.5 Å². The average Bonchev–Trinajstić information content (AvgIpc) is 3.02. The predicted molar refractivity (Wildman–Crippen MR) is 167 cm³/mol. The average molecular weight is 582 g/mol. The molecular formula is C35H49ClFN3O. The molecule has 3 heterocycles. The van der Waals surface area contributed by atoms with E-state index in [1.165, 1.54) is 81.0 Å². The van der Waals surface area contributed by atoms with Gasteiger partial charge in [-0.25, -0.2) is 4.39 Å². The van der Waals surface area contributed by atoms with Gasteiger partial charge in [-0.2, -0.15) is 0 Å². The maximum absolute atomic E-state index is 14.6. The maximum Gasteiger partial charge on any atom is 0.227 e. The number of nitrogens with zero attached hydrogens (tertiary/aromatic N) is 3. The lowest BCUT2D eigenvalue weighted by molar-refractivity contribution is -0.133. The van der Waals surface area contributed by atoms with Gasteiger partial charge in [-0.3, -0.25) is 4.79 Å². The van der Waals surface area contributed by atoms with Crippen LogP contribution in [0.1, 0.15) is 87.5 Å². The highest BCUT2D eigenvalue weighted by atomic mass is 35.5. The molecule has 6 heteroatoms. The molecule has 4 nitrogen and oxygen atoms in total. The second-order valence-electron chi connectivity index (χ2n) is 12.7. The molecule has 0 N–H and O–H groups in total. The standard InChI is InChI=1S/C35H49ClFN3O/c1-3-27-12-13-29(24-28(27)4-2)35(17-23-38-21-14-30(15-22-38)39-18-6-5-7-19-39)16-9-20-40(26-35)34(41)25-31-32(36)10-8-11-33(31)37/h8,10-13,24,30H,3-7,9,14-23,25-26H2,1-2H3/t35-/m1/s1. The Labute approximate surface area is 252 Å². The van der Waals surface area contributed by atoms with Crippen LogP contribution in [0.5, 0.6) is 0 Å². The number of halogens is 2. The fourth-order valence-electron chi connectivity index (χ4n) is 7.69. The van der Waals surface area contributed by atoms with Crippen LogP contribution in [0.4, 0.5) is 4.39 Å². The summed E-state index contributed by atoms with van der Waals surface area (Å²) in [7, 11) is 0. The molecule has 0 aromatic heterocycles. The van der Waals surface area contributed by atoms with E-state index in [1.807, 2.05) is 4.90 Å². The summed E-state index contributed by atoms with van der Waals surface area (Å²) in [6.45, 7) is 11.8. The molecule has 2 aromatic carbocycles. The first kappa shape index (κ1) is 30.5. The Kier molecular flexibility index (Phi) is 10.4. The lowest BCUT2D eigenvalue weighted by atomic mass is 9.70. The molecule has 3 saturated heterocycles. The van der Waals surface area contributed by atoms with Gasteiger partial charge in [0.2, 0.25) is 5.91 Å². The Morgan fingerprint density at radius 3 is 2.41 bits per heavy atom. The van der Waals surface area contributed by atoms with Gasteiger partial charge in [-0.1, -0.05) is 56.1 Å². The lowest BCUT2D eigenvalue weighted by Crippen LogP contribution is -2.51. The molecule has 0 aliphatic carbocycles. The first-order valence-corrected chi connectivity index (χ1v) is 16.6. The van der Waals surface area contributed by atoms with E-state index >= 15 is 0 Å². The van der Waals surface area contributed by atoms with Gasteiger partial charge in [0.25, 0.3) is 0 Å². The van der Waals surface area contributed by atoms with Gasteiger partial charge in [0, 0.05) is 35.1 Å². The fraction of sp³-hybridized carbons (Fsp3) is 0.629. The van der Waals surface area contributed by atoms with Crippen molar-refractivity contribution in [1.29, 1.82) is 0 Å². The Balaban J connectivity index is 1.32. The molecule has 0 unspecified atom stereocenters. The molecule has 0 bridgehead atoms. The summed E-state index contributed by atoms with van der Waals surface area (Å²) < 4.78 is 14.6. The molecular weight excluding hydrogens is 533 g/mol. The molecule has 1 amide bonds. The normalized spacial score (nSPS) is 23.2. The van der Waals surface area contributed by atoms with Crippen LogP contribution in [0.2, 0.25) is 5.02 Å². The molecule has 3 aliphatic rings. The number of piperidine rings is 3. The number of carbonyl (C=O) groups is 1. The zero-order chi connectivity index (χ0) is 28.8. The number of carbonyl (C=O) groups excluding carboxylic acids is 1. The minimum atomic E-state index is -0.398. The monoisotopic (exact) mass is 581 g/mol. The van der Waals surface area contributed by atoms with E-state index in [1.54, 1.807) is 12.1 Å². The minimum Gasteiger partial charge on any atom is -0.342 e. The Bertz CT molecular complexity index is 1150. The molecule has 0 radical (unpaired) electrons. The van der Waals surface area contributed by atoms with Gasteiger partial charge < -0.3 is 14.7 Å². The Morgan fingerprint density at radius 2 is 1.71 bits per heavy atom. The van der Waals surface area contributed by atoms with Crippen LogP contribution in [-0.4, -0.2) is 72.5 Å². The van der Waals surface area contributed by atoms with Crippen molar-refractivity contribution in [1.82, 2.24) is 14.7 Å². The zero-order valence-corrected chi connectivity index (χ0v) is 26.0. The highest BCUT2D eigenvalue weighted by Gasteiger charge is 2.39. The summed E-state index contributed by atoms with van der Waals surface area (Å²) in [5.74, 6) is -0.422. The van der Waals surface area contributed by atoms with Crippen LogP contribution in [0, 0.1) is 5.82 Å². The number of benzene rings is 2. The smallest absolute Gasteiger partial charge is 0.227 e. The third-order valence-electron chi connectivity index (χ3n) is 10.3. The largest absolute Gasteiger partial charge is 0.342 e. The van der Waals surface area contributed by atoms with Crippen molar-refractivity contribution >= 4 is 17.5 Å². The molecule has 224 valence electrons. The van der Waals surface area contributed by atoms with Crippen molar-refractivity contribution < 1.29 is 9.18 Å². The van der Waals surface area contributed by atoms with Crippen molar-refractivity contribution in [2.45, 2.75) is 95.9 Å². The number of likely N-dealkylation sites (tertiary alicyclic amines) is 3. The Hall–Kier alpha value is -1.95. The predicted octanol–water partition coefficient (Wildman–Crippen LogP) is 7.05. The van der Waals surface area contributed by atoms with Crippen LogP contribution in [0.25, 0.3) is 0 Å². The van der Waals surface area contributed by atoms with E-state index in [0.29, 0.717) is 17.1 Å². The first-order valence-electron chi connectivity index (χ1n) is 16.2. The number of amides is 1. The minimum absolute atomic E-state index is 0.0145. The highest BCUT2D eigenvalue weighted by molar-refractivity contribution is 6.31. The SMILES string of the molecule is CCc1ccc([C@@]2(CCN3CCC(N4CCCCC4)CC3)CCCN(C(=O)Cc3c(F)cccc3Cl)C2)cc1CC. The van der Waals surface area contributed by atoms with Crippen LogP contribution < -0.4 is 0 Å². The number of hydrogen-bond donors (Lipinski definition) is 0. The first-order chi connectivity index (χ1) is 19.9. The van der Waals surface area contributed by atoms with Gasteiger partial charge in [-0.05, 0) is 119 Å². The number of aryl methyl sites for hydroxylation is 2. The second kappa shape index (κ2) is 14.0. The summed E-state index contributed by atoms with van der Waals surface area (Å²) in [5.41, 5.74) is 4.44. The number of hydrogen-bond acceptors (Lipinski definition) is 3. The zero-order valence-electron chi connectivity index (χ0n) is 25.3. The molecule has 3 aliphatic heterocycles. The summed E-state index contributed by atoms with van der Waals surface area (Å²) in [4.78, 5) is 21.0. The van der Waals surface area contributed by atoms with E-state index in [0.717, 1.165) is 51.2 Å². The van der Waals surface area contributed by atoms with Gasteiger partial charge in [0.1, 0.15) is 5.82 Å². The second-order valence-corrected chi connectivity index (χ2v) is 13.1. The van der Waals surface area contributed by atoms with E-state index in [-0.39, 0.29) is 17.7 Å². The van der Waals surface area contributed by atoms with E-state index in [9.17, 15) is 9.18 Å². The van der Waals surface area contributed by atoms with Crippen molar-refractivity contribution in [2.75, 3.05) is 45.8 Å². The van der Waals surface area contributed by atoms with Crippen molar-refractivity contribution in [2.24, 2.45) is 0 Å². The topological polar surface area (TPSA) is 26.8 Å². The van der Waals surface area contributed by atoms with E-state index < -0.39 is 5.82 Å². The fourth-order valence-corrected chi connectivity index (χ4v) is 7.92. The van der Waals surface area contributed by atoms with Gasteiger partial charge in [-0.15, -0.1) is 0 Å². The quantitative estimate of drug-likeness (QED) is 0.317. The lowest BCUT2D eigenvalue weighted by Gasteiger charge is -2.46. The third-order valence-corrected chi connectivity index (χ3v) is 10.6. The highest BCUT2D eigenvalue weighted by Crippen LogP contribution is 2.39. The molecule has 41 heavy (non-hydrogen) atoms. The van der Waals surface area contributed by atoms with Crippen molar-refractivity contribution in [3.63, 3.8) is 0 Å². The molecule has 5 rings (SSSR count). The molecule has 0 spiro atoms. The van der Waals surface area contributed by atoms with Crippen LogP contribution >= 0.6 is 11.6 Å². The molecule has 1 atom stereocenters. The van der Waals surface area contributed by atoms with Gasteiger partial charge in [0.15, 0.2) is 0 Å².